The summed E-state index contributed by atoms with van der Waals surface area (Å²) in [5.41, 5.74) is 0.483. The molecule has 1 unspecified atom stereocenters. The van der Waals surface area contributed by atoms with Crippen molar-refractivity contribution in [2.75, 3.05) is 5.32 Å². The third kappa shape index (κ3) is 5.01. The van der Waals surface area contributed by atoms with E-state index in [1.165, 1.54) is 49.4 Å². The number of rotatable bonds is 5. The maximum absolute atomic E-state index is 13.4. The molecule has 0 aromatic heterocycles. The molecule has 0 aliphatic carbocycles. The maximum Gasteiger partial charge on any atom is 0.331 e. The van der Waals surface area contributed by atoms with E-state index >= 15 is 0 Å². The molecule has 2 aromatic rings. The standard InChI is InChI=1S/C18H15F2NO3/c1-12(18(23)21-15-7-4-6-14(19)11-15)24-17(22)10-9-13-5-2-3-8-16(13)20/h2-12H,1H3,(H,21,23)/b10-9+. The first-order valence-electron chi connectivity index (χ1n) is 7.15. The van der Waals surface area contributed by atoms with Gasteiger partial charge in [-0.2, -0.15) is 0 Å². The van der Waals surface area contributed by atoms with E-state index in [-0.39, 0.29) is 11.3 Å². The number of halogens is 2. The normalized spacial score (nSPS) is 12.0. The molecule has 1 atom stereocenters. The van der Waals surface area contributed by atoms with Crippen LogP contribution in [0.3, 0.4) is 0 Å². The second kappa shape index (κ2) is 8.01. The zero-order valence-electron chi connectivity index (χ0n) is 12.8. The highest BCUT2D eigenvalue weighted by molar-refractivity contribution is 5.96. The van der Waals surface area contributed by atoms with E-state index in [0.29, 0.717) is 0 Å². The number of nitrogens with one attached hydrogen (secondary N) is 1. The molecule has 0 saturated carbocycles. The molecule has 124 valence electrons. The Morgan fingerprint density at radius 2 is 1.88 bits per heavy atom. The summed E-state index contributed by atoms with van der Waals surface area (Å²) < 4.78 is 31.4. The molecular weight excluding hydrogens is 316 g/mol. The highest BCUT2D eigenvalue weighted by Gasteiger charge is 2.16. The van der Waals surface area contributed by atoms with Gasteiger partial charge in [-0.3, -0.25) is 4.79 Å². The summed E-state index contributed by atoms with van der Waals surface area (Å²) in [6.45, 7) is 1.38. The second-order valence-electron chi connectivity index (χ2n) is 4.93. The minimum absolute atomic E-state index is 0.228. The van der Waals surface area contributed by atoms with E-state index in [1.807, 2.05) is 0 Å². The zero-order chi connectivity index (χ0) is 17.5. The summed E-state index contributed by atoms with van der Waals surface area (Å²) in [6, 6.07) is 11.3. The van der Waals surface area contributed by atoms with E-state index in [0.717, 1.165) is 12.1 Å². The molecule has 24 heavy (non-hydrogen) atoms. The highest BCUT2D eigenvalue weighted by Crippen LogP contribution is 2.11. The molecule has 0 aliphatic heterocycles. The first-order valence-corrected chi connectivity index (χ1v) is 7.15. The average molecular weight is 331 g/mol. The van der Waals surface area contributed by atoms with Crippen molar-refractivity contribution in [2.24, 2.45) is 0 Å². The van der Waals surface area contributed by atoms with Crippen molar-refractivity contribution in [1.82, 2.24) is 0 Å². The van der Waals surface area contributed by atoms with E-state index in [1.54, 1.807) is 6.07 Å². The molecule has 4 nitrogen and oxygen atoms in total. The van der Waals surface area contributed by atoms with E-state index in [9.17, 15) is 18.4 Å². The van der Waals surface area contributed by atoms with Crippen molar-refractivity contribution in [2.45, 2.75) is 13.0 Å². The molecule has 2 aromatic carbocycles. The fraction of sp³-hybridized carbons (Fsp3) is 0.111. The van der Waals surface area contributed by atoms with Gasteiger partial charge >= 0.3 is 5.97 Å². The molecule has 1 N–H and O–H groups in total. The van der Waals surface area contributed by atoms with Gasteiger partial charge in [0.05, 0.1) is 0 Å². The number of hydrogen-bond donors (Lipinski definition) is 1. The van der Waals surface area contributed by atoms with Crippen LogP contribution in [-0.2, 0) is 14.3 Å². The molecule has 0 bridgehead atoms. The number of anilines is 1. The summed E-state index contributed by atoms with van der Waals surface area (Å²) in [7, 11) is 0. The lowest BCUT2D eigenvalue weighted by Gasteiger charge is -2.12. The van der Waals surface area contributed by atoms with Crippen molar-refractivity contribution in [3.63, 3.8) is 0 Å². The first-order chi connectivity index (χ1) is 11.5. The zero-order valence-corrected chi connectivity index (χ0v) is 12.8. The van der Waals surface area contributed by atoms with Gasteiger partial charge in [-0.05, 0) is 37.3 Å². The molecule has 0 saturated heterocycles. The van der Waals surface area contributed by atoms with Crippen LogP contribution in [0, 0.1) is 11.6 Å². The Labute approximate surface area is 137 Å². The SMILES string of the molecule is CC(OC(=O)/C=C/c1ccccc1F)C(=O)Nc1cccc(F)c1. The third-order valence-corrected chi connectivity index (χ3v) is 3.06. The molecule has 0 heterocycles. The topological polar surface area (TPSA) is 55.4 Å². The lowest BCUT2D eigenvalue weighted by atomic mass is 10.2. The Bertz CT molecular complexity index is 774. The molecule has 2 rings (SSSR count). The minimum atomic E-state index is -1.09. The minimum Gasteiger partial charge on any atom is -0.449 e. The number of benzene rings is 2. The van der Waals surface area contributed by atoms with Crippen LogP contribution in [0.15, 0.2) is 54.6 Å². The summed E-state index contributed by atoms with van der Waals surface area (Å²) >= 11 is 0. The summed E-state index contributed by atoms with van der Waals surface area (Å²) in [6.07, 6.45) is 1.20. The van der Waals surface area contributed by atoms with E-state index in [2.05, 4.69) is 5.32 Å². The fourth-order valence-corrected chi connectivity index (χ4v) is 1.85. The van der Waals surface area contributed by atoms with Crippen LogP contribution in [0.25, 0.3) is 6.08 Å². The number of carbonyl (C=O) groups is 2. The van der Waals surface area contributed by atoms with E-state index < -0.39 is 29.6 Å². The molecule has 0 aliphatic rings. The molecule has 0 spiro atoms. The molecule has 0 radical (unpaired) electrons. The lowest BCUT2D eigenvalue weighted by molar-refractivity contribution is -0.148. The van der Waals surface area contributed by atoms with Gasteiger partial charge in [-0.25, -0.2) is 13.6 Å². The number of ether oxygens (including phenoxy) is 1. The second-order valence-corrected chi connectivity index (χ2v) is 4.93. The Kier molecular flexibility index (Phi) is 5.78. The number of carbonyl (C=O) groups excluding carboxylic acids is 2. The van der Waals surface area contributed by atoms with Crippen molar-refractivity contribution >= 4 is 23.6 Å². The van der Waals surface area contributed by atoms with Crippen LogP contribution in [-0.4, -0.2) is 18.0 Å². The van der Waals surface area contributed by atoms with E-state index in [4.69, 9.17) is 4.74 Å². The first kappa shape index (κ1) is 17.3. The van der Waals surface area contributed by atoms with Crippen LogP contribution in [0.1, 0.15) is 12.5 Å². The Morgan fingerprint density at radius 3 is 2.58 bits per heavy atom. The van der Waals surface area contributed by atoms with Crippen LogP contribution in [0.4, 0.5) is 14.5 Å². The number of amides is 1. The van der Waals surface area contributed by atoms with Crippen LogP contribution < -0.4 is 5.32 Å². The molecule has 1 amide bonds. The molecule has 6 heteroatoms. The smallest absolute Gasteiger partial charge is 0.331 e. The molecule has 0 fully saturated rings. The number of esters is 1. The average Bonchev–Trinajstić information content (AvgIpc) is 2.54. The van der Waals surface area contributed by atoms with Gasteiger partial charge in [0.2, 0.25) is 0 Å². The van der Waals surface area contributed by atoms with Crippen LogP contribution >= 0.6 is 0 Å². The van der Waals surface area contributed by atoms with Crippen molar-refractivity contribution in [3.05, 3.63) is 71.8 Å². The van der Waals surface area contributed by atoms with Crippen LogP contribution in [0.5, 0.6) is 0 Å². The summed E-state index contributed by atoms with van der Waals surface area (Å²) in [5.74, 6) is -2.36. The summed E-state index contributed by atoms with van der Waals surface area (Å²) in [5, 5.41) is 2.43. The predicted molar refractivity (Wildman–Crippen MR) is 86.0 cm³/mol. The Morgan fingerprint density at radius 1 is 1.12 bits per heavy atom. The molecular formula is C18H15F2NO3. The predicted octanol–water partition coefficient (Wildman–Crippen LogP) is 3.55. The van der Waals surface area contributed by atoms with Gasteiger partial charge in [0.1, 0.15) is 11.6 Å². The highest BCUT2D eigenvalue weighted by atomic mass is 19.1. The Balaban J connectivity index is 1.91. The number of hydrogen-bond acceptors (Lipinski definition) is 3. The van der Waals surface area contributed by atoms with Gasteiger partial charge in [-0.15, -0.1) is 0 Å². The van der Waals surface area contributed by atoms with Crippen molar-refractivity contribution < 1.29 is 23.1 Å². The fourth-order valence-electron chi connectivity index (χ4n) is 1.85. The van der Waals surface area contributed by atoms with Crippen LogP contribution in [0.2, 0.25) is 0 Å². The summed E-state index contributed by atoms with van der Waals surface area (Å²) in [4.78, 5) is 23.6. The van der Waals surface area contributed by atoms with Crippen molar-refractivity contribution in [1.29, 1.82) is 0 Å². The van der Waals surface area contributed by atoms with Gasteiger partial charge < -0.3 is 10.1 Å². The Hall–Kier alpha value is -3.02. The van der Waals surface area contributed by atoms with Gasteiger partial charge in [-0.1, -0.05) is 24.3 Å². The largest absolute Gasteiger partial charge is 0.449 e. The van der Waals surface area contributed by atoms with Gasteiger partial charge in [0.15, 0.2) is 6.10 Å². The van der Waals surface area contributed by atoms with Crippen molar-refractivity contribution in [3.8, 4) is 0 Å². The monoisotopic (exact) mass is 331 g/mol. The lowest BCUT2D eigenvalue weighted by Crippen LogP contribution is -2.29. The van der Waals surface area contributed by atoms with Gasteiger partial charge in [0, 0.05) is 17.3 Å². The maximum atomic E-state index is 13.4. The quantitative estimate of drug-likeness (QED) is 0.673. The third-order valence-electron chi connectivity index (χ3n) is 3.06. The van der Waals surface area contributed by atoms with Gasteiger partial charge in [0.25, 0.3) is 5.91 Å².